The number of fused-ring (bicyclic) bond motifs is 2. The van der Waals surface area contributed by atoms with Crippen molar-refractivity contribution in [1.82, 2.24) is 15.2 Å². The third kappa shape index (κ3) is 5.75. The van der Waals surface area contributed by atoms with Crippen molar-refractivity contribution < 1.29 is 9.37 Å². The lowest BCUT2D eigenvalue weighted by Crippen LogP contribution is -2.47. The zero-order valence-corrected chi connectivity index (χ0v) is 23.8. The number of aryl methyl sites for hydroxylation is 2. The highest BCUT2D eigenvalue weighted by Crippen LogP contribution is 2.33. The van der Waals surface area contributed by atoms with Crippen molar-refractivity contribution in [3.8, 4) is 0 Å². The van der Waals surface area contributed by atoms with Crippen LogP contribution < -0.4 is 5.32 Å². The fourth-order valence-corrected chi connectivity index (χ4v) is 6.46. The lowest BCUT2D eigenvalue weighted by Gasteiger charge is -2.28. The first-order chi connectivity index (χ1) is 16.4. The number of carbonyl (C=O) groups excluding carboxylic acids is 1. The molecule has 5 nitrogen and oxygen atoms in total. The van der Waals surface area contributed by atoms with E-state index < -0.39 is 0 Å². The number of hydrogen-bond donors (Lipinski definition) is 1. The lowest BCUT2D eigenvalue weighted by molar-refractivity contribution is -0.537. The van der Waals surface area contributed by atoms with Gasteiger partial charge in [0.05, 0.1) is 18.7 Å². The summed E-state index contributed by atoms with van der Waals surface area (Å²) in [6, 6.07) is 6.23. The zero-order chi connectivity index (χ0) is 24.2. The average Bonchev–Trinajstić information content (AvgIpc) is 2.98. The van der Waals surface area contributed by atoms with Gasteiger partial charge in [-0.1, -0.05) is 24.9 Å². The van der Waals surface area contributed by atoms with E-state index in [4.69, 9.17) is 16.6 Å². The van der Waals surface area contributed by atoms with Crippen LogP contribution >= 0.6 is 43.5 Å². The molecule has 0 bridgehead atoms. The second-order valence-corrected chi connectivity index (χ2v) is 11.4. The van der Waals surface area contributed by atoms with Crippen molar-refractivity contribution in [2.45, 2.75) is 39.0 Å². The lowest BCUT2D eigenvalue weighted by atomic mass is 9.97. The Morgan fingerprint density at radius 3 is 2.65 bits per heavy atom. The van der Waals surface area contributed by atoms with Gasteiger partial charge in [0.2, 0.25) is 11.6 Å². The van der Waals surface area contributed by atoms with Crippen LogP contribution in [0.2, 0.25) is 5.02 Å². The van der Waals surface area contributed by atoms with E-state index in [-0.39, 0.29) is 5.91 Å². The normalized spacial score (nSPS) is 16.7. The summed E-state index contributed by atoms with van der Waals surface area (Å²) in [5.74, 6) is 0.723. The van der Waals surface area contributed by atoms with Crippen LogP contribution in [0, 0.1) is 5.92 Å². The van der Waals surface area contributed by atoms with E-state index in [2.05, 4.69) is 60.8 Å². The molecule has 8 heteroatoms. The van der Waals surface area contributed by atoms with E-state index in [9.17, 15) is 4.79 Å². The number of hydrogen-bond acceptors (Lipinski definition) is 3. The fraction of sp³-hybridized carbons (Fsp3) is 0.500. The number of rotatable bonds is 6. The molecule has 1 aliphatic heterocycles. The summed E-state index contributed by atoms with van der Waals surface area (Å²) < 4.78 is 4.40. The number of aromatic nitrogens is 1. The smallest absolute Gasteiger partial charge is 0.234 e. The Morgan fingerprint density at radius 1 is 1.21 bits per heavy atom. The molecule has 2 heterocycles. The molecule has 1 unspecified atom stereocenters. The number of carbonyl (C=O) groups is 1. The Morgan fingerprint density at radius 2 is 1.94 bits per heavy atom. The summed E-state index contributed by atoms with van der Waals surface area (Å²) in [5.41, 5.74) is 5.82. The van der Waals surface area contributed by atoms with Gasteiger partial charge in [-0.15, -0.1) is 0 Å². The molecule has 1 aliphatic carbocycles. The first kappa shape index (κ1) is 25.8. The van der Waals surface area contributed by atoms with Crippen LogP contribution in [0.3, 0.4) is 0 Å². The van der Waals surface area contributed by atoms with Gasteiger partial charge in [-0.05, 0) is 100.0 Å². The largest absolute Gasteiger partial charge is 0.330 e. The molecule has 2 aliphatic rings. The van der Waals surface area contributed by atoms with Crippen molar-refractivity contribution in [2.24, 2.45) is 5.92 Å². The second kappa shape index (κ2) is 11.6. The predicted molar refractivity (Wildman–Crippen MR) is 145 cm³/mol. The Balaban J connectivity index is 1.63. The molecule has 182 valence electrons. The van der Waals surface area contributed by atoms with E-state index >= 15 is 0 Å². The van der Waals surface area contributed by atoms with Gasteiger partial charge in [0, 0.05) is 26.6 Å². The summed E-state index contributed by atoms with van der Waals surface area (Å²) in [6.07, 6.45) is 6.42. The van der Waals surface area contributed by atoms with E-state index in [1.54, 1.807) is 0 Å². The molecule has 1 aromatic heterocycles. The van der Waals surface area contributed by atoms with Crippen LogP contribution in [0.1, 0.15) is 48.6 Å². The van der Waals surface area contributed by atoms with Gasteiger partial charge < -0.3 is 10.2 Å². The Labute approximate surface area is 224 Å². The highest BCUT2D eigenvalue weighted by molar-refractivity contribution is 9.10. The maximum absolute atomic E-state index is 13.0. The highest BCUT2D eigenvalue weighted by atomic mass is 79.9. The van der Waals surface area contributed by atoms with Gasteiger partial charge in [-0.25, -0.2) is 9.56 Å². The molecule has 1 saturated heterocycles. The van der Waals surface area contributed by atoms with E-state index in [0.717, 1.165) is 83.8 Å². The number of nitrogens with one attached hydrogen (secondary N) is 1. The third-order valence-corrected chi connectivity index (χ3v) is 8.26. The van der Waals surface area contributed by atoms with E-state index in [0.29, 0.717) is 12.3 Å². The molecule has 1 amide bonds. The third-order valence-electron chi connectivity index (χ3n) is 6.99. The van der Waals surface area contributed by atoms with Crippen LogP contribution in [-0.2, 0) is 17.6 Å². The van der Waals surface area contributed by atoms with E-state index in [1.807, 2.05) is 24.2 Å². The number of halogens is 3. The SMILES string of the molecule is CCC(CCNC)CC(=O)N1CC[N+](=C2c3ncc(Br)cc3CCc3cc(Cl)cc(Br)c32)CC1. The molecular weight excluding hydrogens is 580 g/mol. The van der Waals surface area contributed by atoms with Crippen molar-refractivity contribution in [2.75, 3.05) is 39.8 Å². The van der Waals surface area contributed by atoms with Gasteiger partial charge in [0.15, 0.2) is 13.1 Å². The zero-order valence-electron chi connectivity index (χ0n) is 19.8. The second-order valence-electron chi connectivity index (χ2n) is 9.17. The maximum atomic E-state index is 13.0. The molecule has 4 rings (SSSR count). The molecular formula is C26H32Br2ClN4O+. The number of nitrogens with zero attached hydrogens (tertiary/aromatic N) is 3. The van der Waals surface area contributed by atoms with Gasteiger partial charge >= 0.3 is 0 Å². The van der Waals surface area contributed by atoms with Crippen LogP contribution in [0.4, 0.5) is 0 Å². The highest BCUT2D eigenvalue weighted by Gasteiger charge is 2.34. The minimum Gasteiger partial charge on any atom is -0.330 e. The molecule has 2 aromatic rings. The number of amides is 1. The number of benzene rings is 1. The van der Waals surface area contributed by atoms with Gasteiger partial charge in [0.1, 0.15) is 5.69 Å². The molecule has 0 spiro atoms. The molecule has 1 aromatic carbocycles. The Hall–Kier alpha value is -1.28. The van der Waals surface area contributed by atoms with Crippen LogP contribution in [-0.4, -0.2) is 65.8 Å². The Kier molecular flexibility index (Phi) is 8.83. The first-order valence-corrected chi connectivity index (χ1v) is 14.0. The quantitative estimate of drug-likeness (QED) is 0.464. The summed E-state index contributed by atoms with van der Waals surface area (Å²) in [5, 5.41) is 3.94. The van der Waals surface area contributed by atoms with Crippen molar-refractivity contribution >= 4 is 55.1 Å². The molecule has 1 N–H and O–H groups in total. The van der Waals surface area contributed by atoms with Crippen molar-refractivity contribution in [3.63, 3.8) is 0 Å². The number of pyridine rings is 1. The Bertz CT molecular complexity index is 1090. The minimum atomic E-state index is 0.282. The van der Waals surface area contributed by atoms with E-state index in [1.165, 1.54) is 16.7 Å². The molecule has 1 atom stereocenters. The van der Waals surface area contributed by atoms with Crippen LogP contribution in [0.25, 0.3) is 0 Å². The fourth-order valence-electron chi connectivity index (χ4n) is 5.02. The number of piperazine rings is 1. The van der Waals surface area contributed by atoms with Gasteiger partial charge in [-0.3, -0.25) is 4.79 Å². The minimum absolute atomic E-state index is 0.282. The van der Waals surface area contributed by atoms with Crippen LogP contribution in [0.5, 0.6) is 0 Å². The molecule has 34 heavy (non-hydrogen) atoms. The molecule has 0 radical (unpaired) electrons. The summed E-state index contributed by atoms with van der Waals surface area (Å²) in [4.78, 5) is 19.9. The summed E-state index contributed by atoms with van der Waals surface area (Å²) in [7, 11) is 1.97. The van der Waals surface area contributed by atoms with Gasteiger partial charge in [0.25, 0.3) is 0 Å². The summed E-state index contributed by atoms with van der Waals surface area (Å²) >= 11 is 13.8. The maximum Gasteiger partial charge on any atom is 0.234 e. The van der Waals surface area contributed by atoms with Crippen molar-refractivity contribution in [3.05, 3.63) is 60.7 Å². The monoisotopic (exact) mass is 609 g/mol. The van der Waals surface area contributed by atoms with Crippen molar-refractivity contribution in [1.29, 1.82) is 0 Å². The summed E-state index contributed by atoms with van der Waals surface area (Å²) in [6.45, 7) is 6.19. The standard InChI is InChI=1S/C26H32Br2ClN4O/c1-3-17(6-7-30-2)12-23(34)32-8-10-33(11-9-32)26-24-18(14-21(29)15-22(24)28)4-5-19-13-20(27)16-31-25(19)26/h13-17,30H,3-12H2,1-2H3/q+1. The topological polar surface area (TPSA) is 48.2 Å². The molecule has 0 saturated carbocycles. The average molecular weight is 612 g/mol. The predicted octanol–water partition coefficient (Wildman–Crippen LogP) is 5.08. The van der Waals surface area contributed by atoms with Gasteiger partial charge in [-0.2, -0.15) is 0 Å². The molecule has 1 fully saturated rings. The van der Waals surface area contributed by atoms with Crippen LogP contribution in [0.15, 0.2) is 33.3 Å². The first-order valence-electron chi connectivity index (χ1n) is 12.1.